The van der Waals surface area contributed by atoms with Gasteiger partial charge in [0, 0.05) is 0 Å². The van der Waals surface area contributed by atoms with E-state index in [2.05, 4.69) is 5.32 Å². The normalized spacial score (nSPS) is 19.6. The van der Waals surface area contributed by atoms with Gasteiger partial charge in [0.2, 0.25) is 0 Å². The fourth-order valence-electron chi connectivity index (χ4n) is 1.39. The van der Waals surface area contributed by atoms with Crippen molar-refractivity contribution in [1.29, 1.82) is 0 Å². The summed E-state index contributed by atoms with van der Waals surface area (Å²) >= 11 is 0. The van der Waals surface area contributed by atoms with Crippen molar-refractivity contribution in [2.45, 2.75) is 6.04 Å². The van der Waals surface area contributed by atoms with Gasteiger partial charge in [0.15, 0.2) is 17.5 Å². The van der Waals surface area contributed by atoms with Crippen LogP contribution in [0.4, 0.5) is 18.0 Å². The molecule has 1 fully saturated rings. The molecule has 1 heterocycles. The molecule has 1 aliphatic heterocycles. The van der Waals surface area contributed by atoms with Crippen molar-refractivity contribution in [3.05, 3.63) is 35.1 Å². The molecule has 1 aliphatic rings. The van der Waals surface area contributed by atoms with Crippen LogP contribution in [0.5, 0.6) is 0 Å². The van der Waals surface area contributed by atoms with Crippen LogP contribution in [0.1, 0.15) is 11.6 Å². The van der Waals surface area contributed by atoms with Gasteiger partial charge in [-0.25, -0.2) is 18.0 Å². The van der Waals surface area contributed by atoms with E-state index in [1.54, 1.807) is 0 Å². The second kappa shape index (κ2) is 3.51. The van der Waals surface area contributed by atoms with Gasteiger partial charge in [0.25, 0.3) is 5.91 Å². The van der Waals surface area contributed by atoms with Gasteiger partial charge in [-0.05, 0) is 17.7 Å². The highest BCUT2D eigenvalue weighted by Crippen LogP contribution is 2.21. The van der Waals surface area contributed by atoms with Gasteiger partial charge >= 0.3 is 6.03 Å². The van der Waals surface area contributed by atoms with Crippen LogP contribution in [0.3, 0.4) is 0 Å². The number of rotatable bonds is 1. The Balaban J connectivity index is 2.42. The average Bonchev–Trinajstić information content (AvgIpc) is 2.53. The molecule has 0 spiro atoms. The largest absolute Gasteiger partial charge is 0.322 e. The van der Waals surface area contributed by atoms with Gasteiger partial charge in [0.05, 0.1) is 0 Å². The molecule has 3 amide bonds. The van der Waals surface area contributed by atoms with Gasteiger partial charge in [-0.15, -0.1) is 0 Å². The van der Waals surface area contributed by atoms with E-state index in [0.717, 1.165) is 0 Å². The van der Waals surface area contributed by atoms with Gasteiger partial charge < -0.3 is 5.32 Å². The molecule has 1 aromatic rings. The minimum Gasteiger partial charge on any atom is -0.322 e. The number of carbonyl (C=O) groups excluding carboxylic acids is 2. The number of nitrogens with one attached hydrogen (secondary N) is 2. The predicted molar refractivity (Wildman–Crippen MR) is 45.7 cm³/mol. The number of amides is 3. The lowest BCUT2D eigenvalue weighted by Crippen LogP contribution is -2.22. The molecule has 0 radical (unpaired) electrons. The summed E-state index contributed by atoms with van der Waals surface area (Å²) in [5.41, 5.74) is -0.153. The SMILES string of the molecule is O=C1NC(=O)C(c2cc(F)c(F)c(F)c2)N1. The van der Waals surface area contributed by atoms with Crippen LogP contribution in [0.2, 0.25) is 0 Å². The van der Waals surface area contributed by atoms with E-state index in [0.29, 0.717) is 12.1 Å². The number of urea groups is 1. The maximum Gasteiger partial charge on any atom is 0.322 e. The number of hydrogen-bond acceptors (Lipinski definition) is 2. The van der Waals surface area contributed by atoms with Crippen LogP contribution < -0.4 is 10.6 Å². The zero-order valence-electron chi connectivity index (χ0n) is 7.68. The van der Waals surface area contributed by atoms with Crippen molar-refractivity contribution < 1.29 is 22.8 Å². The first kappa shape index (κ1) is 10.5. The number of hydrogen-bond donors (Lipinski definition) is 2. The molecule has 1 aromatic carbocycles. The van der Waals surface area contributed by atoms with Crippen molar-refractivity contribution >= 4 is 11.9 Å². The first-order chi connectivity index (χ1) is 7.49. The molecule has 0 aliphatic carbocycles. The zero-order chi connectivity index (χ0) is 11.9. The summed E-state index contributed by atoms with van der Waals surface area (Å²) in [7, 11) is 0. The molecule has 7 heteroatoms. The highest BCUT2D eigenvalue weighted by atomic mass is 19.2. The van der Waals surface area contributed by atoms with Crippen molar-refractivity contribution in [3.8, 4) is 0 Å². The van der Waals surface area contributed by atoms with E-state index in [-0.39, 0.29) is 5.56 Å². The Morgan fingerprint density at radius 2 is 1.62 bits per heavy atom. The Labute approximate surface area is 87.4 Å². The van der Waals surface area contributed by atoms with Crippen LogP contribution in [0.25, 0.3) is 0 Å². The van der Waals surface area contributed by atoms with Crippen molar-refractivity contribution in [2.75, 3.05) is 0 Å². The topological polar surface area (TPSA) is 58.2 Å². The lowest BCUT2D eigenvalue weighted by Gasteiger charge is -2.08. The number of halogens is 3. The van der Waals surface area contributed by atoms with Crippen molar-refractivity contribution in [3.63, 3.8) is 0 Å². The van der Waals surface area contributed by atoms with E-state index in [4.69, 9.17) is 0 Å². The van der Waals surface area contributed by atoms with Gasteiger partial charge in [-0.1, -0.05) is 0 Å². The maximum absolute atomic E-state index is 12.9. The Morgan fingerprint density at radius 3 is 2.06 bits per heavy atom. The molecule has 1 unspecified atom stereocenters. The number of imide groups is 1. The van der Waals surface area contributed by atoms with Crippen LogP contribution in [0, 0.1) is 17.5 Å². The molecular weight excluding hydrogens is 225 g/mol. The molecule has 16 heavy (non-hydrogen) atoms. The second-order valence-corrected chi connectivity index (χ2v) is 3.19. The fourth-order valence-corrected chi connectivity index (χ4v) is 1.39. The molecule has 84 valence electrons. The lowest BCUT2D eigenvalue weighted by atomic mass is 10.1. The summed E-state index contributed by atoms with van der Waals surface area (Å²) in [4.78, 5) is 21.9. The predicted octanol–water partition coefficient (Wildman–Crippen LogP) is 0.984. The molecular formula is C9H5F3N2O2. The third kappa shape index (κ3) is 1.60. The highest BCUT2D eigenvalue weighted by molar-refractivity contribution is 6.04. The minimum absolute atomic E-state index is 0.153. The van der Waals surface area contributed by atoms with Crippen LogP contribution in [0.15, 0.2) is 12.1 Å². The third-order valence-corrected chi connectivity index (χ3v) is 2.11. The first-order valence-corrected chi connectivity index (χ1v) is 4.25. The van der Waals surface area contributed by atoms with Crippen molar-refractivity contribution in [1.82, 2.24) is 10.6 Å². The molecule has 1 atom stereocenters. The lowest BCUT2D eigenvalue weighted by molar-refractivity contribution is -0.120. The van der Waals surface area contributed by atoms with Crippen LogP contribution in [-0.2, 0) is 4.79 Å². The Morgan fingerprint density at radius 1 is 1.06 bits per heavy atom. The summed E-state index contributed by atoms with van der Waals surface area (Å²) in [5.74, 6) is -5.18. The summed E-state index contributed by atoms with van der Waals surface area (Å²) < 4.78 is 38.4. The first-order valence-electron chi connectivity index (χ1n) is 4.25. The maximum atomic E-state index is 12.9. The molecule has 0 bridgehead atoms. The van der Waals surface area contributed by atoms with Gasteiger partial charge in [0.1, 0.15) is 6.04 Å². The monoisotopic (exact) mass is 230 g/mol. The van der Waals surface area contributed by atoms with Crippen LogP contribution in [-0.4, -0.2) is 11.9 Å². The summed E-state index contributed by atoms with van der Waals surface area (Å²) in [6.45, 7) is 0. The van der Waals surface area contributed by atoms with E-state index < -0.39 is 35.4 Å². The Bertz CT molecular complexity index is 467. The second-order valence-electron chi connectivity index (χ2n) is 3.19. The van der Waals surface area contributed by atoms with E-state index in [1.807, 2.05) is 5.32 Å². The fraction of sp³-hybridized carbons (Fsp3) is 0.111. The molecule has 0 saturated carbocycles. The summed E-state index contributed by atoms with van der Waals surface area (Å²) in [6, 6.07) is -0.639. The molecule has 2 N–H and O–H groups in total. The molecule has 1 saturated heterocycles. The van der Waals surface area contributed by atoms with E-state index in [1.165, 1.54) is 0 Å². The zero-order valence-corrected chi connectivity index (χ0v) is 7.68. The smallest absolute Gasteiger partial charge is 0.322 e. The molecule has 2 rings (SSSR count). The highest BCUT2D eigenvalue weighted by Gasteiger charge is 2.32. The minimum atomic E-state index is -1.62. The Kier molecular flexibility index (Phi) is 2.30. The number of carbonyl (C=O) groups is 2. The van der Waals surface area contributed by atoms with Gasteiger partial charge in [-0.3, -0.25) is 10.1 Å². The standard InChI is InChI=1S/C9H5F3N2O2/c10-4-1-3(2-5(11)6(4)12)7-8(15)14-9(16)13-7/h1-2,7H,(H2,13,14,15,16). The third-order valence-electron chi connectivity index (χ3n) is 2.11. The average molecular weight is 230 g/mol. The number of benzene rings is 1. The Hall–Kier alpha value is -2.05. The van der Waals surface area contributed by atoms with E-state index >= 15 is 0 Å². The quantitative estimate of drug-likeness (QED) is 0.558. The summed E-state index contributed by atoms with van der Waals surface area (Å²) in [6.07, 6.45) is 0. The molecule has 4 nitrogen and oxygen atoms in total. The van der Waals surface area contributed by atoms with E-state index in [9.17, 15) is 22.8 Å². The van der Waals surface area contributed by atoms with Crippen molar-refractivity contribution in [2.24, 2.45) is 0 Å². The van der Waals surface area contributed by atoms with Crippen LogP contribution >= 0.6 is 0 Å². The van der Waals surface area contributed by atoms with Gasteiger partial charge in [-0.2, -0.15) is 0 Å². The molecule has 0 aromatic heterocycles. The summed E-state index contributed by atoms with van der Waals surface area (Å²) in [5, 5.41) is 4.03.